The summed E-state index contributed by atoms with van der Waals surface area (Å²) in [6, 6.07) is 4.69. The first-order chi connectivity index (χ1) is 8.17. The molecule has 0 unspecified atom stereocenters. The van der Waals surface area contributed by atoms with Crippen molar-refractivity contribution in [3.05, 3.63) is 18.2 Å². The Morgan fingerprint density at radius 3 is 2.61 bits per heavy atom. The number of amides is 1. The molecule has 0 spiro atoms. The summed E-state index contributed by atoms with van der Waals surface area (Å²) in [5, 5.41) is 2.70. The molecule has 1 aromatic carbocycles. The molecule has 0 saturated heterocycles. The first kappa shape index (κ1) is 12.7. The van der Waals surface area contributed by atoms with Crippen LogP contribution in [-0.2, 0) is 14.8 Å². The van der Waals surface area contributed by atoms with Crippen molar-refractivity contribution >= 4 is 27.3 Å². The first-order valence-electron chi connectivity index (χ1n) is 5.30. The number of nitrogens with one attached hydrogen (secondary N) is 2. The summed E-state index contributed by atoms with van der Waals surface area (Å²) in [6.07, 6.45) is 1.07. The zero-order valence-electron chi connectivity index (χ0n) is 10.3. The van der Waals surface area contributed by atoms with Crippen LogP contribution in [0.3, 0.4) is 0 Å². The van der Waals surface area contributed by atoms with Crippen molar-refractivity contribution in [2.24, 2.45) is 0 Å². The van der Waals surface area contributed by atoms with Crippen LogP contribution in [0.5, 0.6) is 5.75 Å². The van der Waals surface area contributed by atoms with E-state index in [-0.39, 0.29) is 5.91 Å². The molecule has 0 fully saturated rings. The van der Waals surface area contributed by atoms with Crippen LogP contribution in [0.15, 0.2) is 18.2 Å². The number of ether oxygens (including phenoxy) is 1. The minimum atomic E-state index is -3.34. The van der Waals surface area contributed by atoms with Crippen LogP contribution in [0.4, 0.5) is 11.4 Å². The standard InChI is InChI=1S/C11H14N2O4S/c1-11(2)10(14)12-8-5-4-7(6-9(8)17-11)13-18(3,15)16/h4-6,13H,1-3H3,(H,12,14). The van der Waals surface area contributed by atoms with E-state index in [1.54, 1.807) is 26.0 Å². The lowest BCUT2D eigenvalue weighted by molar-refractivity contribution is -0.129. The van der Waals surface area contributed by atoms with Gasteiger partial charge in [-0.3, -0.25) is 9.52 Å². The van der Waals surface area contributed by atoms with Crippen molar-refractivity contribution in [2.75, 3.05) is 16.3 Å². The lowest BCUT2D eigenvalue weighted by Crippen LogP contribution is -2.45. The second kappa shape index (κ2) is 3.88. The highest BCUT2D eigenvalue weighted by Gasteiger charge is 2.35. The summed E-state index contributed by atoms with van der Waals surface area (Å²) >= 11 is 0. The maximum atomic E-state index is 11.6. The van der Waals surface area contributed by atoms with Gasteiger partial charge in [-0.25, -0.2) is 8.42 Å². The van der Waals surface area contributed by atoms with E-state index < -0.39 is 15.6 Å². The number of benzene rings is 1. The molecular weight excluding hydrogens is 256 g/mol. The van der Waals surface area contributed by atoms with Crippen LogP contribution in [0.25, 0.3) is 0 Å². The summed E-state index contributed by atoms with van der Waals surface area (Å²) in [6.45, 7) is 3.28. The average Bonchev–Trinajstić information content (AvgIpc) is 2.17. The van der Waals surface area contributed by atoms with Crippen molar-refractivity contribution in [3.63, 3.8) is 0 Å². The van der Waals surface area contributed by atoms with E-state index in [0.29, 0.717) is 17.1 Å². The third-order valence-electron chi connectivity index (χ3n) is 2.44. The van der Waals surface area contributed by atoms with Gasteiger partial charge in [0.15, 0.2) is 5.60 Å². The number of fused-ring (bicyclic) bond motifs is 1. The zero-order chi connectivity index (χ0) is 13.6. The number of rotatable bonds is 2. The summed E-state index contributed by atoms with van der Waals surface area (Å²) in [5.74, 6) is 0.201. The molecule has 1 aliphatic rings. The van der Waals surface area contributed by atoms with E-state index in [1.807, 2.05) is 0 Å². The van der Waals surface area contributed by atoms with E-state index in [4.69, 9.17) is 4.74 Å². The van der Waals surface area contributed by atoms with Crippen molar-refractivity contribution in [3.8, 4) is 5.75 Å². The molecule has 7 heteroatoms. The topological polar surface area (TPSA) is 84.5 Å². The molecule has 6 nitrogen and oxygen atoms in total. The molecule has 0 radical (unpaired) electrons. The molecule has 2 rings (SSSR count). The molecule has 18 heavy (non-hydrogen) atoms. The minimum Gasteiger partial charge on any atom is -0.476 e. The smallest absolute Gasteiger partial charge is 0.268 e. The number of anilines is 2. The fraction of sp³-hybridized carbons (Fsp3) is 0.364. The quantitative estimate of drug-likeness (QED) is 0.844. The van der Waals surface area contributed by atoms with E-state index in [1.165, 1.54) is 6.07 Å². The molecular formula is C11H14N2O4S. The molecule has 2 N–H and O–H groups in total. The number of hydrogen-bond acceptors (Lipinski definition) is 4. The Bertz CT molecular complexity index is 607. The monoisotopic (exact) mass is 270 g/mol. The fourth-order valence-electron chi connectivity index (χ4n) is 1.58. The molecule has 0 bridgehead atoms. The average molecular weight is 270 g/mol. The summed E-state index contributed by atoms with van der Waals surface area (Å²) < 4.78 is 30.1. The van der Waals surface area contributed by atoms with Gasteiger partial charge in [-0.1, -0.05) is 0 Å². The normalized spacial score (nSPS) is 17.4. The SMILES string of the molecule is CC1(C)Oc2cc(NS(C)(=O)=O)ccc2NC1=O. The summed E-state index contributed by atoms with van der Waals surface area (Å²) in [7, 11) is -3.34. The zero-order valence-corrected chi connectivity index (χ0v) is 11.1. The Hall–Kier alpha value is -1.76. The van der Waals surface area contributed by atoms with Gasteiger partial charge >= 0.3 is 0 Å². The molecule has 0 aliphatic carbocycles. The second-order valence-corrected chi connectivity index (χ2v) is 6.40. The van der Waals surface area contributed by atoms with Gasteiger partial charge in [0.05, 0.1) is 17.6 Å². The van der Waals surface area contributed by atoms with E-state index >= 15 is 0 Å². The van der Waals surface area contributed by atoms with Crippen LogP contribution < -0.4 is 14.8 Å². The van der Waals surface area contributed by atoms with Gasteiger partial charge in [0.1, 0.15) is 5.75 Å². The third-order valence-corrected chi connectivity index (χ3v) is 3.05. The van der Waals surface area contributed by atoms with E-state index in [0.717, 1.165) is 6.26 Å². The fourth-order valence-corrected chi connectivity index (χ4v) is 2.14. The highest BCUT2D eigenvalue weighted by molar-refractivity contribution is 7.92. The lowest BCUT2D eigenvalue weighted by atomic mass is 10.1. The molecule has 1 amide bonds. The molecule has 1 aromatic rings. The highest BCUT2D eigenvalue weighted by atomic mass is 32.2. The molecule has 0 atom stereocenters. The van der Waals surface area contributed by atoms with Crippen LogP contribution in [-0.4, -0.2) is 26.2 Å². The van der Waals surface area contributed by atoms with Crippen LogP contribution >= 0.6 is 0 Å². The highest BCUT2D eigenvalue weighted by Crippen LogP contribution is 2.35. The van der Waals surface area contributed by atoms with Gasteiger partial charge in [-0.15, -0.1) is 0 Å². The third kappa shape index (κ3) is 2.56. The lowest BCUT2D eigenvalue weighted by Gasteiger charge is -2.31. The van der Waals surface area contributed by atoms with Crippen molar-refractivity contribution in [2.45, 2.75) is 19.4 Å². The predicted octanol–water partition coefficient (Wildman–Crippen LogP) is 1.17. The summed E-state index contributed by atoms with van der Waals surface area (Å²) in [4.78, 5) is 11.6. The van der Waals surface area contributed by atoms with Crippen molar-refractivity contribution in [1.82, 2.24) is 0 Å². The number of sulfonamides is 1. The van der Waals surface area contributed by atoms with Gasteiger partial charge in [0.25, 0.3) is 5.91 Å². The predicted molar refractivity (Wildman–Crippen MR) is 68.2 cm³/mol. The van der Waals surface area contributed by atoms with Crippen molar-refractivity contribution < 1.29 is 17.9 Å². The van der Waals surface area contributed by atoms with E-state index in [2.05, 4.69) is 10.0 Å². The number of carbonyl (C=O) groups is 1. The molecule has 1 aliphatic heterocycles. The number of hydrogen-bond donors (Lipinski definition) is 2. The van der Waals surface area contributed by atoms with Crippen LogP contribution in [0.1, 0.15) is 13.8 Å². The van der Waals surface area contributed by atoms with Gasteiger partial charge < -0.3 is 10.1 Å². The Morgan fingerprint density at radius 1 is 1.33 bits per heavy atom. The summed E-state index contributed by atoms with van der Waals surface area (Å²) in [5.41, 5.74) is -0.0574. The van der Waals surface area contributed by atoms with E-state index in [9.17, 15) is 13.2 Å². The minimum absolute atomic E-state index is 0.237. The second-order valence-electron chi connectivity index (χ2n) is 4.65. The van der Waals surface area contributed by atoms with Gasteiger partial charge in [-0.05, 0) is 26.0 Å². The van der Waals surface area contributed by atoms with Crippen molar-refractivity contribution in [1.29, 1.82) is 0 Å². The Kier molecular flexibility index (Phi) is 2.73. The number of carbonyl (C=O) groups excluding carboxylic acids is 1. The maximum Gasteiger partial charge on any atom is 0.268 e. The molecule has 0 saturated carbocycles. The Morgan fingerprint density at radius 2 is 2.00 bits per heavy atom. The Labute approximate surface area is 105 Å². The first-order valence-corrected chi connectivity index (χ1v) is 7.19. The largest absolute Gasteiger partial charge is 0.476 e. The van der Waals surface area contributed by atoms with Gasteiger partial charge in [-0.2, -0.15) is 0 Å². The van der Waals surface area contributed by atoms with Gasteiger partial charge in [0.2, 0.25) is 10.0 Å². The van der Waals surface area contributed by atoms with Gasteiger partial charge in [0, 0.05) is 6.07 Å². The van der Waals surface area contributed by atoms with Crippen LogP contribution in [0.2, 0.25) is 0 Å². The molecule has 0 aromatic heterocycles. The van der Waals surface area contributed by atoms with Crippen LogP contribution in [0, 0.1) is 0 Å². The maximum absolute atomic E-state index is 11.6. The molecule has 1 heterocycles. The molecule has 98 valence electrons. The Balaban J connectivity index is 2.36.